The van der Waals surface area contributed by atoms with Crippen molar-refractivity contribution in [3.8, 4) is 34.1 Å². The first kappa shape index (κ1) is 16.0. The van der Waals surface area contributed by atoms with Crippen molar-refractivity contribution >= 4 is 0 Å². The molecule has 6 heteroatoms. The van der Waals surface area contributed by atoms with Gasteiger partial charge in [-0.3, -0.25) is 0 Å². The molecule has 0 saturated heterocycles. The summed E-state index contributed by atoms with van der Waals surface area (Å²) in [7, 11) is 3.11. The Hall–Kier alpha value is -2.86. The van der Waals surface area contributed by atoms with Gasteiger partial charge in [-0.25, -0.2) is 4.39 Å². The van der Waals surface area contributed by atoms with Crippen molar-refractivity contribution in [2.45, 2.75) is 6.61 Å². The van der Waals surface area contributed by atoms with Crippen molar-refractivity contribution in [1.29, 1.82) is 0 Å². The van der Waals surface area contributed by atoms with Crippen LogP contribution in [0.5, 0.6) is 11.5 Å². The maximum atomic E-state index is 13.1. The van der Waals surface area contributed by atoms with E-state index in [4.69, 9.17) is 14.0 Å². The molecule has 3 aromatic rings. The fourth-order valence-electron chi connectivity index (χ4n) is 2.45. The normalized spacial score (nSPS) is 10.7. The van der Waals surface area contributed by atoms with Gasteiger partial charge >= 0.3 is 0 Å². The second-order valence-electron chi connectivity index (χ2n) is 5.11. The molecule has 0 spiro atoms. The van der Waals surface area contributed by atoms with Crippen LogP contribution in [0.3, 0.4) is 0 Å². The number of aromatic nitrogens is 1. The molecule has 0 fully saturated rings. The molecule has 24 heavy (non-hydrogen) atoms. The highest BCUT2D eigenvalue weighted by atomic mass is 19.1. The molecule has 0 bridgehead atoms. The molecule has 5 nitrogen and oxygen atoms in total. The van der Waals surface area contributed by atoms with Crippen LogP contribution in [0.25, 0.3) is 22.6 Å². The van der Waals surface area contributed by atoms with Gasteiger partial charge in [0.2, 0.25) is 0 Å². The van der Waals surface area contributed by atoms with Gasteiger partial charge in [0.05, 0.1) is 26.4 Å². The number of nitrogens with zero attached hydrogens (tertiary/aromatic N) is 1. The van der Waals surface area contributed by atoms with E-state index in [1.165, 1.54) is 12.1 Å². The van der Waals surface area contributed by atoms with Crippen LogP contribution in [0.1, 0.15) is 5.56 Å². The van der Waals surface area contributed by atoms with E-state index in [1.807, 2.05) is 0 Å². The first-order chi connectivity index (χ1) is 11.7. The third kappa shape index (κ3) is 2.96. The molecule has 3 rings (SSSR count). The molecule has 2 aromatic carbocycles. The number of halogens is 1. The lowest BCUT2D eigenvalue weighted by molar-refractivity contribution is 0.281. The van der Waals surface area contributed by atoms with Gasteiger partial charge in [0.15, 0.2) is 5.76 Å². The van der Waals surface area contributed by atoms with Crippen molar-refractivity contribution in [1.82, 2.24) is 5.16 Å². The van der Waals surface area contributed by atoms with E-state index in [1.54, 1.807) is 44.6 Å². The Bertz CT molecular complexity index is 820. The number of aliphatic hydroxyl groups is 1. The minimum absolute atomic E-state index is 0.273. The summed E-state index contributed by atoms with van der Waals surface area (Å²) in [5, 5.41) is 13.8. The predicted molar refractivity (Wildman–Crippen MR) is 86.4 cm³/mol. The monoisotopic (exact) mass is 329 g/mol. The smallest absolute Gasteiger partial charge is 0.173 e. The molecule has 0 saturated carbocycles. The number of hydrogen-bond acceptors (Lipinski definition) is 5. The lowest BCUT2D eigenvalue weighted by Crippen LogP contribution is -1.92. The summed E-state index contributed by atoms with van der Waals surface area (Å²) in [6, 6.07) is 11.1. The fraction of sp³-hybridized carbons (Fsp3) is 0.167. The second-order valence-corrected chi connectivity index (χ2v) is 5.11. The van der Waals surface area contributed by atoms with Crippen LogP contribution < -0.4 is 9.47 Å². The minimum atomic E-state index is -0.346. The minimum Gasteiger partial charge on any atom is -0.497 e. The molecular formula is C18H16FNO4. The van der Waals surface area contributed by atoms with E-state index in [0.29, 0.717) is 39.6 Å². The summed E-state index contributed by atoms with van der Waals surface area (Å²) in [4.78, 5) is 0. The third-order valence-electron chi connectivity index (χ3n) is 3.68. The molecule has 1 aromatic heterocycles. The molecule has 124 valence electrons. The van der Waals surface area contributed by atoms with Gasteiger partial charge < -0.3 is 19.1 Å². The maximum absolute atomic E-state index is 13.1. The number of methoxy groups -OCH3 is 2. The van der Waals surface area contributed by atoms with E-state index < -0.39 is 0 Å². The number of ether oxygens (including phenoxy) is 2. The first-order valence-corrected chi connectivity index (χ1v) is 7.25. The van der Waals surface area contributed by atoms with Crippen molar-refractivity contribution in [3.63, 3.8) is 0 Å². The summed E-state index contributed by atoms with van der Waals surface area (Å²) < 4.78 is 29.0. The predicted octanol–water partition coefficient (Wildman–Crippen LogP) is 3.66. The Balaban J connectivity index is 2.11. The highest BCUT2D eigenvalue weighted by Gasteiger charge is 2.19. The maximum Gasteiger partial charge on any atom is 0.173 e. The lowest BCUT2D eigenvalue weighted by atomic mass is 10.0. The Labute approximate surface area is 138 Å². The van der Waals surface area contributed by atoms with E-state index in [-0.39, 0.29) is 12.4 Å². The molecule has 0 radical (unpaired) electrons. The van der Waals surface area contributed by atoms with Gasteiger partial charge in [-0.05, 0) is 36.4 Å². The largest absolute Gasteiger partial charge is 0.497 e. The highest BCUT2D eigenvalue weighted by Crippen LogP contribution is 2.35. The Morgan fingerprint density at radius 2 is 1.62 bits per heavy atom. The average molecular weight is 329 g/mol. The summed E-state index contributed by atoms with van der Waals surface area (Å²) in [5.74, 6) is 1.25. The molecule has 1 heterocycles. The van der Waals surface area contributed by atoms with E-state index in [0.717, 1.165) is 0 Å². The molecule has 0 amide bonds. The van der Waals surface area contributed by atoms with Crippen LogP contribution in [-0.4, -0.2) is 24.5 Å². The SMILES string of the molecule is COc1cc(OC)cc(-c2noc(-c3ccc(F)cc3)c2CO)c1. The van der Waals surface area contributed by atoms with Crippen molar-refractivity contribution in [2.75, 3.05) is 14.2 Å². The van der Waals surface area contributed by atoms with Crippen molar-refractivity contribution in [2.24, 2.45) is 0 Å². The van der Waals surface area contributed by atoms with Crippen molar-refractivity contribution in [3.05, 3.63) is 53.8 Å². The van der Waals surface area contributed by atoms with Crippen LogP contribution in [0, 0.1) is 5.82 Å². The van der Waals surface area contributed by atoms with Gasteiger partial charge in [-0.2, -0.15) is 0 Å². The Morgan fingerprint density at radius 1 is 1.00 bits per heavy atom. The van der Waals surface area contributed by atoms with Crippen LogP contribution in [0.15, 0.2) is 47.0 Å². The number of rotatable bonds is 5. The van der Waals surface area contributed by atoms with Gasteiger partial charge in [0, 0.05) is 17.2 Å². The number of aliphatic hydroxyl groups excluding tert-OH is 1. The first-order valence-electron chi connectivity index (χ1n) is 7.25. The third-order valence-corrected chi connectivity index (χ3v) is 3.68. The lowest BCUT2D eigenvalue weighted by Gasteiger charge is -2.07. The van der Waals surface area contributed by atoms with Crippen molar-refractivity contribution < 1.29 is 23.5 Å². The zero-order valence-electron chi connectivity index (χ0n) is 13.2. The molecule has 0 atom stereocenters. The van der Waals surface area contributed by atoms with Crippen LogP contribution in [-0.2, 0) is 6.61 Å². The summed E-state index contributed by atoms with van der Waals surface area (Å²) in [6.45, 7) is -0.273. The fourth-order valence-corrected chi connectivity index (χ4v) is 2.45. The van der Waals surface area contributed by atoms with Gasteiger partial charge in [-0.15, -0.1) is 0 Å². The zero-order chi connectivity index (χ0) is 17.1. The van der Waals surface area contributed by atoms with E-state index >= 15 is 0 Å². The van der Waals surface area contributed by atoms with Gasteiger partial charge in [-0.1, -0.05) is 5.16 Å². The average Bonchev–Trinajstić information content (AvgIpc) is 3.05. The van der Waals surface area contributed by atoms with Gasteiger partial charge in [0.25, 0.3) is 0 Å². The number of hydrogen-bond donors (Lipinski definition) is 1. The topological polar surface area (TPSA) is 64.7 Å². The van der Waals surface area contributed by atoms with Gasteiger partial charge in [0.1, 0.15) is 23.0 Å². The summed E-state index contributed by atoms with van der Waals surface area (Å²) in [5.41, 5.74) is 2.31. The zero-order valence-corrected chi connectivity index (χ0v) is 13.2. The highest BCUT2D eigenvalue weighted by molar-refractivity contribution is 5.74. The molecule has 0 aliphatic rings. The summed E-state index contributed by atoms with van der Waals surface area (Å²) in [6.07, 6.45) is 0. The Morgan fingerprint density at radius 3 is 2.17 bits per heavy atom. The Kier molecular flexibility index (Phi) is 4.48. The van der Waals surface area contributed by atoms with Crippen LogP contribution in [0.2, 0.25) is 0 Å². The van der Waals surface area contributed by atoms with E-state index in [2.05, 4.69) is 5.16 Å². The van der Waals surface area contributed by atoms with Crippen LogP contribution >= 0.6 is 0 Å². The standard InChI is InChI=1S/C18H16FNO4/c1-22-14-7-12(8-15(9-14)23-2)17-16(10-21)18(24-20-17)11-3-5-13(19)6-4-11/h3-9,21H,10H2,1-2H3. The molecule has 0 unspecified atom stereocenters. The molecular weight excluding hydrogens is 313 g/mol. The number of benzene rings is 2. The quantitative estimate of drug-likeness (QED) is 0.774. The van der Waals surface area contributed by atoms with E-state index in [9.17, 15) is 9.50 Å². The molecule has 0 aliphatic carbocycles. The molecule has 1 N–H and O–H groups in total. The van der Waals surface area contributed by atoms with Crippen LogP contribution in [0.4, 0.5) is 4.39 Å². The summed E-state index contributed by atoms with van der Waals surface area (Å²) >= 11 is 0. The molecule has 0 aliphatic heterocycles. The second kappa shape index (κ2) is 6.72.